The van der Waals surface area contributed by atoms with Gasteiger partial charge in [-0.05, 0) is 42.5 Å². The Kier molecular flexibility index (Phi) is 9.66. The molecule has 1 atom stereocenters. The molecule has 0 spiro atoms. The van der Waals surface area contributed by atoms with Gasteiger partial charge in [-0.1, -0.05) is 47.0 Å². The van der Waals surface area contributed by atoms with Crippen LogP contribution in [0, 0.1) is 11.8 Å². The molecular weight excluding hydrogens is 316 g/mol. The van der Waals surface area contributed by atoms with E-state index in [1.54, 1.807) is 24.3 Å². The fourth-order valence-corrected chi connectivity index (χ4v) is 2.35. The number of nitrogens with one attached hydrogen (secondary N) is 2. The molecule has 0 aromatic heterocycles. The van der Waals surface area contributed by atoms with Crippen molar-refractivity contribution < 1.29 is 14.3 Å². The van der Waals surface area contributed by atoms with E-state index in [1.165, 1.54) is 0 Å². The van der Waals surface area contributed by atoms with Gasteiger partial charge in [-0.2, -0.15) is 0 Å². The average molecular weight is 348 g/mol. The van der Waals surface area contributed by atoms with E-state index in [-0.39, 0.29) is 0 Å². The summed E-state index contributed by atoms with van der Waals surface area (Å²) >= 11 is 0. The topological polar surface area (TPSA) is 67.4 Å². The first-order valence-electron chi connectivity index (χ1n) is 9.28. The molecule has 2 amide bonds. The Balaban J connectivity index is 2.42. The highest BCUT2D eigenvalue weighted by Gasteiger charge is 2.15. The number of carbonyl (C=O) groups is 2. The van der Waals surface area contributed by atoms with Crippen LogP contribution in [-0.4, -0.2) is 25.0 Å². The molecule has 0 unspecified atom stereocenters. The monoisotopic (exact) mass is 348 g/mol. The lowest BCUT2D eigenvalue weighted by Gasteiger charge is -2.15. The third-order valence-electron chi connectivity index (χ3n) is 4.00. The highest BCUT2D eigenvalue weighted by Crippen LogP contribution is 2.16. The van der Waals surface area contributed by atoms with Crippen LogP contribution in [0.5, 0.6) is 5.75 Å². The second-order valence-corrected chi connectivity index (χ2v) is 6.81. The second-order valence-electron chi connectivity index (χ2n) is 6.81. The quantitative estimate of drug-likeness (QED) is 0.628. The number of carbonyl (C=O) groups excluding carboxylic acids is 2. The third kappa shape index (κ3) is 8.57. The molecule has 25 heavy (non-hydrogen) atoms. The van der Waals surface area contributed by atoms with Crippen LogP contribution in [0.3, 0.4) is 0 Å². The van der Waals surface area contributed by atoms with Crippen molar-refractivity contribution in [1.29, 1.82) is 0 Å². The van der Waals surface area contributed by atoms with Crippen molar-refractivity contribution in [2.45, 2.75) is 53.4 Å². The summed E-state index contributed by atoms with van der Waals surface area (Å²) in [5.41, 5.74) is 0.579. The third-order valence-corrected chi connectivity index (χ3v) is 4.00. The number of hydrogen-bond donors (Lipinski definition) is 2. The molecule has 140 valence electrons. The lowest BCUT2D eigenvalue weighted by atomic mass is 9.99. The molecule has 0 aliphatic heterocycles. The molecule has 2 N–H and O–H groups in total. The molecule has 5 nitrogen and oxygen atoms in total. The first-order valence-corrected chi connectivity index (χ1v) is 9.28. The van der Waals surface area contributed by atoms with Crippen LogP contribution >= 0.6 is 0 Å². The minimum absolute atomic E-state index is 0.425. The van der Waals surface area contributed by atoms with E-state index in [4.69, 9.17) is 4.74 Å². The van der Waals surface area contributed by atoms with Gasteiger partial charge in [-0.3, -0.25) is 9.59 Å². The Morgan fingerprint density at radius 1 is 1.08 bits per heavy atom. The zero-order chi connectivity index (χ0) is 18.7. The smallest absolute Gasteiger partial charge is 0.313 e. The first-order chi connectivity index (χ1) is 12.0. The largest absolute Gasteiger partial charge is 0.493 e. The van der Waals surface area contributed by atoms with E-state index in [9.17, 15) is 9.59 Å². The molecule has 1 rings (SSSR count). The van der Waals surface area contributed by atoms with Gasteiger partial charge in [0.1, 0.15) is 5.75 Å². The Morgan fingerprint density at radius 3 is 2.32 bits per heavy atom. The number of ether oxygens (including phenoxy) is 1. The van der Waals surface area contributed by atoms with E-state index < -0.39 is 11.8 Å². The molecule has 0 aliphatic rings. The zero-order valence-corrected chi connectivity index (χ0v) is 15.9. The molecule has 0 fully saturated rings. The minimum Gasteiger partial charge on any atom is -0.493 e. The van der Waals surface area contributed by atoms with E-state index in [1.807, 2.05) is 0 Å². The number of benzene rings is 1. The molecule has 1 aromatic rings. The Labute approximate surface area is 151 Å². The van der Waals surface area contributed by atoms with E-state index in [0.717, 1.165) is 31.4 Å². The van der Waals surface area contributed by atoms with Crippen molar-refractivity contribution in [2.75, 3.05) is 18.5 Å². The summed E-state index contributed by atoms with van der Waals surface area (Å²) in [5, 5.41) is 5.34. The van der Waals surface area contributed by atoms with Crippen LogP contribution in [-0.2, 0) is 9.59 Å². The Morgan fingerprint density at radius 2 is 1.76 bits per heavy atom. The van der Waals surface area contributed by atoms with Gasteiger partial charge in [-0.25, -0.2) is 0 Å². The van der Waals surface area contributed by atoms with Gasteiger partial charge in [0.2, 0.25) is 0 Å². The SMILES string of the molecule is CCCC[C@@H](CC)CNC(=O)C(=O)Nc1ccc(OCC(C)C)cc1. The molecule has 0 radical (unpaired) electrons. The summed E-state index contributed by atoms with van der Waals surface area (Å²) in [6.45, 7) is 9.61. The van der Waals surface area contributed by atoms with Crippen molar-refractivity contribution >= 4 is 17.5 Å². The lowest BCUT2D eigenvalue weighted by molar-refractivity contribution is -0.136. The van der Waals surface area contributed by atoms with Gasteiger partial charge in [0, 0.05) is 12.2 Å². The summed E-state index contributed by atoms with van der Waals surface area (Å²) in [7, 11) is 0. The Bertz CT molecular complexity index is 526. The van der Waals surface area contributed by atoms with E-state index in [0.29, 0.717) is 30.7 Å². The number of hydrogen-bond acceptors (Lipinski definition) is 3. The van der Waals surface area contributed by atoms with Gasteiger partial charge in [0.05, 0.1) is 6.61 Å². The maximum Gasteiger partial charge on any atom is 0.313 e. The van der Waals surface area contributed by atoms with Crippen molar-refractivity contribution in [2.24, 2.45) is 11.8 Å². The fraction of sp³-hybridized carbons (Fsp3) is 0.600. The van der Waals surface area contributed by atoms with Crippen LogP contribution in [0.25, 0.3) is 0 Å². The predicted molar refractivity (Wildman–Crippen MR) is 102 cm³/mol. The summed E-state index contributed by atoms with van der Waals surface area (Å²) in [6.07, 6.45) is 4.36. The molecule has 1 aromatic carbocycles. The van der Waals surface area contributed by atoms with Crippen LogP contribution in [0.2, 0.25) is 0 Å². The van der Waals surface area contributed by atoms with Gasteiger partial charge < -0.3 is 15.4 Å². The lowest BCUT2D eigenvalue weighted by Crippen LogP contribution is -2.38. The van der Waals surface area contributed by atoms with E-state index >= 15 is 0 Å². The average Bonchev–Trinajstić information content (AvgIpc) is 2.61. The highest BCUT2D eigenvalue weighted by atomic mass is 16.5. The van der Waals surface area contributed by atoms with Gasteiger partial charge in [0.15, 0.2) is 0 Å². The van der Waals surface area contributed by atoms with E-state index in [2.05, 4.69) is 38.3 Å². The summed E-state index contributed by atoms with van der Waals surface area (Å²) in [4.78, 5) is 23.9. The van der Waals surface area contributed by atoms with Gasteiger partial charge in [-0.15, -0.1) is 0 Å². The Hall–Kier alpha value is -2.04. The maximum absolute atomic E-state index is 12.0. The molecule has 0 heterocycles. The molecular formula is C20H32N2O3. The first kappa shape index (κ1) is 21.0. The van der Waals surface area contributed by atoms with Crippen LogP contribution in [0.1, 0.15) is 53.4 Å². The molecule has 0 bridgehead atoms. The van der Waals surface area contributed by atoms with Crippen LogP contribution in [0.15, 0.2) is 24.3 Å². The standard InChI is InChI=1S/C20H32N2O3/c1-5-7-8-16(6-2)13-21-19(23)20(24)22-17-9-11-18(12-10-17)25-14-15(3)4/h9-12,15-16H,5-8,13-14H2,1-4H3,(H,21,23)(H,22,24)/t16-/m1/s1. The van der Waals surface area contributed by atoms with Crippen molar-refractivity contribution in [3.8, 4) is 5.75 Å². The zero-order valence-electron chi connectivity index (χ0n) is 15.9. The van der Waals surface area contributed by atoms with Gasteiger partial charge >= 0.3 is 11.8 Å². The van der Waals surface area contributed by atoms with Crippen molar-refractivity contribution in [3.63, 3.8) is 0 Å². The summed E-state index contributed by atoms with van der Waals surface area (Å²) in [5.74, 6) is 0.399. The van der Waals surface area contributed by atoms with Crippen LogP contribution < -0.4 is 15.4 Å². The molecule has 0 aliphatic carbocycles. The molecule has 0 saturated carbocycles. The predicted octanol–water partition coefficient (Wildman–Crippen LogP) is 3.99. The number of anilines is 1. The fourth-order valence-electron chi connectivity index (χ4n) is 2.35. The second kappa shape index (κ2) is 11.5. The van der Waals surface area contributed by atoms with Crippen molar-refractivity contribution in [1.82, 2.24) is 5.32 Å². The highest BCUT2D eigenvalue weighted by molar-refractivity contribution is 6.39. The number of unbranched alkanes of at least 4 members (excludes halogenated alkanes) is 1. The molecule has 5 heteroatoms. The number of amides is 2. The van der Waals surface area contributed by atoms with Gasteiger partial charge in [0.25, 0.3) is 0 Å². The summed E-state index contributed by atoms with van der Waals surface area (Å²) < 4.78 is 5.59. The maximum atomic E-state index is 12.0. The minimum atomic E-state index is -0.638. The summed E-state index contributed by atoms with van der Waals surface area (Å²) in [6, 6.07) is 7.04. The normalized spacial score (nSPS) is 11.9. The number of rotatable bonds is 10. The van der Waals surface area contributed by atoms with Crippen molar-refractivity contribution in [3.05, 3.63) is 24.3 Å². The molecule has 0 saturated heterocycles. The van der Waals surface area contributed by atoms with Crippen LogP contribution in [0.4, 0.5) is 5.69 Å².